The average molecular weight is 313 g/mol. The van der Waals surface area contributed by atoms with Gasteiger partial charge in [0, 0.05) is 0 Å². The molecule has 0 aliphatic carbocycles. The molecule has 0 saturated carbocycles. The van der Waals surface area contributed by atoms with Crippen molar-refractivity contribution in [2.75, 3.05) is 0 Å². The summed E-state index contributed by atoms with van der Waals surface area (Å²) in [5, 5.41) is 0. The topological polar surface area (TPSA) is 0 Å². The minimum Gasteiger partial charge on any atom is -0.101 e. The zero-order valence-corrected chi connectivity index (χ0v) is 10.5. The number of hydrogen-bond acceptors (Lipinski definition) is 0. The standard InChI is InChI=1S/CH5Br3Si2/c1-5-6(2,3)4/h5H2,1H3. The molecular weight excluding hydrogens is 308 g/mol. The Bertz CT molecular complexity index is 38.5. The van der Waals surface area contributed by atoms with Gasteiger partial charge in [-0.2, -0.15) is 0 Å². The van der Waals surface area contributed by atoms with Crippen LogP contribution in [0.3, 0.4) is 0 Å². The van der Waals surface area contributed by atoms with Crippen molar-refractivity contribution in [3.63, 3.8) is 0 Å². The van der Waals surface area contributed by atoms with Crippen molar-refractivity contribution in [2.24, 2.45) is 0 Å². The third kappa shape index (κ3) is 5.87. The molecule has 6 heavy (non-hydrogen) atoms. The summed E-state index contributed by atoms with van der Waals surface area (Å²) in [6.45, 7) is 2.27. The van der Waals surface area contributed by atoms with E-state index < -0.39 is 3.45 Å². The van der Waals surface area contributed by atoms with Gasteiger partial charge in [0.1, 0.15) is 0 Å². The minimum atomic E-state index is -1.05. The van der Waals surface area contributed by atoms with E-state index in [4.69, 9.17) is 0 Å². The van der Waals surface area contributed by atoms with Gasteiger partial charge in [0.05, 0.1) is 9.04 Å². The van der Waals surface area contributed by atoms with Crippen LogP contribution >= 0.6 is 45.9 Å². The molecule has 0 aliphatic heterocycles. The van der Waals surface area contributed by atoms with E-state index in [-0.39, 0.29) is 9.04 Å². The van der Waals surface area contributed by atoms with Gasteiger partial charge in [0.2, 0.25) is 3.45 Å². The van der Waals surface area contributed by atoms with E-state index in [0.717, 1.165) is 0 Å². The van der Waals surface area contributed by atoms with Crippen molar-refractivity contribution in [2.45, 2.75) is 6.55 Å². The first kappa shape index (κ1) is 7.87. The Kier molecular flexibility index (Phi) is 3.95. The Hall–Kier alpha value is 1.87. The minimum absolute atomic E-state index is 0.141. The summed E-state index contributed by atoms with van der Waals surface area (Å²) in [6.07, 6.45) is 0. The Morgan fingerprint density at radius 1 is 1.33 bits per heavy atom. The second kappa shape index (κ2) is 3.01. The molecule has 0 aromatic rings. The number of hydrogen-bond donors (Lipinski definition) is 0. The smallest absolute Gasteiger partial charge is 0.101 e. The maximum Gasteiger partial charge on any atom is 0.247 e. The molecule has 0 saturated heterocycles. The van der Waals surface area contributed by atoms with E-state index >= 15 is 0 Å². The lowest BCUT2D eigenvalue weighted by Crippen LogP contribution is -2.14. The van der Waals surface area contributed by atoms with Crippen LogP contribution in [0.2, 0.25) is 6.55 Å². The number of halogens is 3. The van der Waals surface area contributed by atoms with Gasteiger partial charge in [-0.15, -0.1) is 45.9 Å². The van der Waals surface area contributed by atoms with Crippen molar-refractivity contribution in [3.05, 3.63) is 0 Å². The molecule has 0 rings (SSSR count). The molecule has 0 nitrogen and oxygen atoms in total. The summed E-state index contributed by atoms with van der Waals surface area (Å²) < 4.78 is -1.05. The summed E-state index contributed by atoms with van der Waals surface area (Å²) in [5.41, 5.74) is 0. The highest BCUT2D eigenvalue weighted by molar-refractivity contribution is 9.74. The van der Waals surface area contributed by atoms with Crippen LogP contribution in [0.4, 0.5) is 0 Å². The molecule has 5 heteroatoms. The molecule has 0 spiro atoms. The maximum absolute atomic E-state index is 3.51. The van der Waals surface area contributed by atoms with Crippen LogP contribution in [-0.4, -0.2) is 12.5 Å². The van der Waals surface area contributed by atoms with Crippen molar-refractivity contribution >= 4 is 58.4 Å². The van der Waals surface area contributed by atoms with Crippen LogP contribution in [0, 0.1) is 0 Å². The van der Waals surface area contributed by atoms with Gasteiger partial charge in [0.15, 0.2) is 0 Å². The molecule has 0 aromatic heterocycles. The van der Waals surface area contributed by atoms with E-state index in [1.54, 1.807) is 0 Å². The molecule has 38 valence electrons. The fourth-order valence-electron chi connectivity index (χ4n) is 0. The highest BCUT2D eigenvalue weighted by Gasteiger charge is 2.17. The summed E-state index contributed by atoms with van der Waals surface area (Å²) in [7, 11) is 0.141. The van der Waals surface area contributed by atoms with E-state index in [0.29, 0.717) is 0 Å². The van der Waals surface area contributed by atoms with Crippen molar-refractivity contribution in [1.82, 2.24) is 0 Å². The van der Waals surface area contributed by atoms with Gasteiger partial charge >= 0.3 is 0 Å². The Balaban J connectivity index is 3.17. The van der Waals surface area contributed by atoms with Crippen LogP contribution in [0.25, 0.3) is 0 Å². The van der Waals surface area contributed by atoms with E-state index in [2.05, 4.69) is 52.4 Å². The van der Waals surface area contributed by atoms with Crippen LogP contribution in [0.1, 0.15) is 0 Å². The van der Waals surface area contributed by atoms with Crippen LogP contribution in [0.5, 0.6) is 0 Å². The lowest BCUT2D eigenvalue weighted by Gasteiger charge is -1.99. The molecule has 0 atom stereocenters. The highest BCUT2D eigenvalue weighted by Crippen LogP contribution is 2.24. The zero-order chi connectivity index (χ0) is 5.21. The Morgan fingerprint density at radius 2 is 1.50 bits per heavy atom. The predicted molar refractivity (Wildman–Crippen MR) is 46.9 cm³/mol. The molecule has 0 aliphatic rings. The summed E-state index contributed by atoms with van der Waals surface area (Å²) in [4.78, 5) is 0. The first-order valence-electron chi connectivity index (χ1n) is 1.63. The molecule has 0 aromatic carbocycles. The molecule has 0 fully saturated rings. The van der Waals surface area contributed by atoms with Crippen LogP contribution in [-0.2, 0) is 0 Å². The van der Waals surface area contributed by atoms with Gasteiger partial charge in [-0.3, -0.25) is 0 Å². The molecular formula is CH5Br3Si2. The SMILES string of the molecule is C[SiH2][Si](Br)(Br)Br. The van der Waals surface area contributed by atoms with Gasteiger partial charge in [0.25, 0.3) is 0 Å². The fraction of sp³-hybridized carbons (Fsp3) is 1.00. The first-order chi connectivity index (χ1) is 2.56. The second-order valence-electron chi connectivity index (χ2n) is 0.969. The van der Waals surface area contributed by atoms with Gasteiger partial charge < -0.3 is 0 Å². The van der Waals surface area contributed by atoms with E-state index in [1.807, 2.05) is 0 Å². The van der Waals surface area contributed by atoms with Gasteiger partial charge in [-0.1, -0.05) is 6.55 Å². The van der Waals surface area contributed by atoms with E-state index in [1.165, 1.54) is 0 Å². The Morgan fingerprint density at radius 3 is 1.50 bits per heavy atom. The van der Waals surface area contributed by atoms with Crippen molar-refractivity contribution in [3.8, 4) is 0 Å². The lowest BCUT2D eigenvalue weighted by molar-refractivity contribution is 2.37. The molecule has 0 radical (unpaired) electrons. The predicted octanol–water partition coefficient (Wildman–Crippen LogP) is 1.82. The summed E-state index contributed by atoms with van der Waals surface area (Å²) in [6, 6.07) is 0. The molecule has 0 amide bonds. The van der Waals surface area contributed by atoms with Crippen molar-refractivity contribution in [1.29, 1.82) is 0 Å². The molecule has 0 bridgehead atoms. The third-order valence-electron chi connectivity index (χ3n) is 0.401. The lowest BCUT2D eigenvalue weighted by atomic mass is 11.9. The number of rotatable bonds is 1. The maximum atomic E-state index is 3.51. The average Bonchev–Trinajstić information content (AvgIpc) is 1.35. The van der Waals surface area contributed by atoms with Gasteiger partial charge in [-0.05, 0) is 0 Å². The van der Waals surface area contributed by atoms with Crippen LogP contribution in [0.15, 0.2) is 0 Å². The Labute approximate surface area is 64.4 Å². The quantitative estimate of drug-likeness (QED) is 0.512. The molecule has 0 N–H and O–H groups in total. The fourth-order valence-corrected chi connectivity index (χ4v) is 0. The molecule has 0 unspecified atom stereocenters. The molecule has 0 heterocycles. The summed E-state index contributed by atoms with van der Waals surface area (Å²) >= 11 is 10.5. The highest BCUT2D eigenvalue weighted by atomic mass is 80.0. The monoisotopic (exact) mass is 310 g/mol. The first-order valence-corrected chi connectivity index (χ1v) is 14.1. The normalized spacial score (nSPS) is 14.0. The summed E-state index contributed by atoms with van der Waals surface area (Å²) in [5.74, 6) is 0. The zero-order valence-electron chi connectivity index (χ0n) is 3.34. The second-order valence-corrected chi connectivity index (χ2v) is 39.3. The van der Waals surface area contributed by atoms with Crippen molar-refractivity contribution < 1.29 is 0 Å². The van der Waals surface area contributed by atoms with Crippen LogP contribution < -0.4 is 0 Å². The largest absolute Gasteiger partial charge is 0.247 e. The van der Waals surface area contributed by atoms with Gasteiger partial charge in [-0.25, -0.2) is 0 Å². The third-order valence-corrected chi connectivity index (χ3v) is 18.7. The van der Waals surface area contributed by atoms with E-state index in [9.17, 15) is 0 Å².